The first-order valence-corrected chi connectivity index (χ1v) is 12.4. The van der Waals surface area contributed by atoms with Crippen molar-refractivity contribution in [1.82, 2.24) is 5.32 Å². The molecule has 2 amide bonds. The fraction of sp³-hybridized carbons (Fsp3) is 0.310. The van der Waals surface area contributed by atoms with Gasteiger partial charge >= 0.3 is 0 Å². The van der Waals surface area contributed by atoms with Crippen LogP contribution < -0.4 is 20.3 Å². The lowest BCUT2D eigenvalue weighted by molar-refractivity contribution is 0.0858. The highest BCUT2D eigenvalue weighted by atomic mass is 16.5. The molecule has 3 aromatic carbocycles. The summed E-state index contributed by atoms with van der Waals surface area (Å²) in [5.74, 6) is 0.0266. The second kappa shape index (κ2) is 10.8. The molecule has 3 aromatic rings. The average molecular weight is 486 g/mol. The number of para-hydroxylation sites is 1. The highest BCUT2D eigenvalue weighted by Gasteiger charge is 2.24. The van der Waals surface area contributed by atoms with E-state index in [-0.39, 0.29) is 17.9 Å². The number of fused-ring (bicyclic) bond motifs is 1. The van der Waals surface area contributed by atoms with Gasteiger partial charge in [0, 0.05) is 37.6 Å². The van der Waals surface area contributed by atoms with Crippen molar-refractivity contribution in [3.63, 3.8) is 0 Å². The third kappa shape index (κ3) is 5.21. The first kappa shape index (κ1) is 23.9. The van der Waals surface area contributed by atoms with E-state index in [1.807, 2.05) is 24.3 Å². The Labute approximate surface area is 211 Å². The number of ether oxygens (including phenoxy) is 2. The standard InChI is InChI=1S/C29H31N3O4/c1-35-27-11-5-4-10-24(27)29(34)31-22-12-13-26(32-15-14-20-7-2-3-8-21(20)19-32)25(17-22)28(33)30-18-23-9-6-16-36-23/h2-5,7-8,10-13,17,23H,6,9,14-16,18-19H2,1H3,(H,30,33)(H,31,34). The Hall–Kier alpha value is -3.84. The molecule has 7 heteroatoms. The summed E-state index contributed by atoms with van der Waals surface area (Å²) in [7, 11) is 1.54. The third-order valence-electron chi connectivity index (χ3n) is 6.84. The summed E-state index contributed by atoms with van der Waals surface area (Å²) in [6.45, 7) is 2.76. The number of carbonyl (C=O) groups excluding carboxylic acids is 2. The van der Waals surface area contributed by atoms with Crippen LogP contribution in [-0.2, 0) is 17.7 Å². The van der Waals surface area contributed by atoms with Crippen LogP contribution in [0, 0.1) is 0 Å². The van der Waals surface area contributed by atoms with E-state index in [9.17, 15) is 9.59 Å². The largest absolute Gasteiger partial charge is 0.496 e. The van der Waals surface area contributed by atoms with Gasteiger partial charge in [0.05, 0.1) is 24.3 Å². The van der Waals surface area contributed by atoms with Gasteiger partial charge in [-0.25, -0.2) is 0 Å². The molecule has 7 nitrogen and oxygen atoms in total. The van der Waals surface area contributed by atoms with Crippen LogP contribution in [0.4, 0.5) is 11.4 Å². The third-order valence-corrected chi connectivity index (χ3v) is 6.84. The molecule has 36 heavy (non-hydrogen) atoms. The van der Waals surface area contributed by atoms with Crippen LogP contribution in [0.1, 0.15) is 44.7 Å². The van der Waals surface area contributed by atoms with E-state index < -0.39 is 0 Å². The molecule has 1 atom stereocenters. The van der Waals surface area contributed by atoms with Crippen molar-refractivity contribution < 1.29 is 19.1 Å². The second-order valence-corrected chi connectivity index (χ2v) is 9.17. The van der Waals surface area contributed by atoms with Gasteiger partial charge in [0.1, 0.15) is 5.75 Å². The van der Waals surface area contributed by atoms with Crippen LogP contribution in [0.25, 0.3) is 0 Å². The maximum atomic E-state index is 13.4. The topological polar surface area (TPSA) is 79.9 Å². The monoisotopic (exact) mass is 485 g/mol. The number of amides is 2. The lowest BCUT2D eigenvalue weighted by atomic mass is 9.98. The first-order chi connectivity index (χ1) is 17.6. The van der Waals surface area contributed by atoms with Crippen molar-refractivity contribution in [2.45, 2.75) is 31.9 Å². The summed E-state index contributed by atoms with van der Waals surface area (Å²) in [4.78, 5) is 28.6. The summed E-state index contributed by atoms with van der Waals surface area (Å²) in [5.41, 5.74) is 4.98. The lowest BCUT2D eigenvalue weighted by Gasteiger charge is -2.32. The molecule has 5 rings (SSSR count). The molecule has 0 spiro atoms. The Balaban J connectivity index is 1.41. The van der Waals surface area contributed by atoms with Crippen molar-refractivity contribution >= 4 is 23.2 Å². The van der Waals surface area contributed by atoms with E-state index >= 15 is 0 Å². The van der Waals surface area contributed by atoms with Crippen molar-refractivity contribution in [2.24, 2.45) is 0 Å². The molecule has 0 bridgehead atoms. The maximum Gasteiger partial charge on any atom is 0.259 e. The zero-order valence-electron chi connectivity index (χ0n) is 20.5. The quantitative estimate of drug-likeness (QED) is 0.518. The molecule has 2 heterocycles. The SMILES string of the molecule is COc1ccccc1C(=O)Nc1ccc(N2CCc3ccccc3C2)c(C(=O)NCC2CCCO2)c1. The fourth-order valence-electron chi connectivity index (χ4n) is 4.91. The maximum absolute atomic E-state index is 13.4. The summed E-state index contributed by atoms with van der Waals surface area (Å²) in [6, 6.07) is 21.0. The van der Waals surface area contributed by atoms with E-state index in [2.05, 4.69) is 33.7 Å². The summed E-state index contributed by atoms with van der Waals surface area (Å²) < 4.78 is 11.0. The van der Waals surface area contributed by atoms with Crippen molar-refractivity contribution in [1.29, 1.82) is 0 Å². The molecule has 2 aliphatic heterocycles. The molecule has 0 aromatic heterocycles. The molecular weight excluding hydrogens is 454 g/mol. The predicted molar refractivity (Wildman–Crippen MR) is 140 cm³/mol. The molecule has 186 valence electrons. The molecule has 2 aliphatic rings. The fourth-order valence-corrected chi connectivity index (χ4v) is 4.91. The number of nitrogens with one attached hydrogen (secondary N) is 2. The Morgan fingerprint density at radius 3 is 2.61 bits per heavy atom. The summed E-state index contributed by atoms with van der Waals surface area (Å²) in [6.07, 6.45) is 2.93. The van der Waals surface area contributed by atoms with E-state index in [0.717, 1.165) is 44.6 Å². The summed E-state index contributed by atoms with van der Waals surface area (Å²) >= 11 is 0. The van der Waals surface area contributed by atoms with E-state index in [1.165, 1.54) is 18.2 Å². The van der Waals surface area contributed by atoms with Crippen LogP contribution in [-0.4, -0.2) is 44.7 Å². The molecule has 0 radical (unpaired) electrons. The van der Waals surface area contributed by atoms with Crippen molar-refractivity contribution in [3.05, 3.63) is 89.0 Å². The van der Waals surface area contributed by atoms with Gasteiger partial charge in [-0.15, -0.1) is 0 Å². The van der Waals surface area contributed by atoms with Gasteiger partial charge in [-0.05, 0) is 60.7 Å². The number of nitrogens with zero attached hydrogens (tertiary/aromatic N) is 1. The minimum atomic E-state index is -0.294. The number of hydrogen-bond acceptors (Lipinski definition) is 5. The van der Waals surface area contributed by atoms with Gasteiger partial charge in [0.25, 0.3) is 11.8 Å². The molecule has 0 saturated carbocycles. The van der Waals surface area contributed by atoms with E-state index in [0.29, 0.717) is 29.1 Å². The normalized spacial score (nSPS) is 16.8. The first-order valence-electron chi connectivity index (χ1n) is 12.4. The zero-order chi connectivity index (χ0) is 24.9. The number of carbonyl (C=O) groups is 2. The van der Waals surface area contributed by atoms with Crippen molar-refractivity contribution in [2.75, 3.05) is 37.0 Å². The minimum Gasteiger partial charge on any atom is -0.496 e. The number of benzene rings is 3. The Bertz CT molecular complexity index is 1250. The Morgan fingerprint density at radius 2 is 1.81 bits per heavy atom. The molecule has 1 saturated heterocycles. The van der Waals surface area contributed by atoms with Crippen LogP contribution in [0.15, 0.2) is 66.7 Å². The zero-order valence-corrected chi connectivity index (χ0v) is 20.5. The van der Waals surface area contributed by atoms with E-state index in [1.54, 1.807) is 24.3 Å². The lowest BCUT2D eigenvalue weighted by Crippen LogP contribution is -2.35. The highest BCUT2D eigenvalue weighted by molar-refractivity contribution is 6.07. The highest BCUT2D eigenvalue weighted by Crippen LogP contribution is 2.30. The average Bonchev–Trinajstić information content (AvgIpc) is 3.45. The number of hydrogen-bond donors (Lipinski definition) is 2. The van der Waals surface area contributed by atoms with Crippen LogP contribution >= 0.6 is 0 Å². The number of methoxy groups -OCH3 is 1. The molecule has 1 fully saturated rings. The van der Waals surface area contributed by atoms with Crippen LogP contribution in [0.2, 0.25) is 0 Å². The van der Waals surface area contributed by atoms with Gasteiger partial charge in [0.15, 0.2) is 0 Å². The van der Waals surface area contributed by atoms with Gasteiger partial charge in [-0.2, -0.15) is 0 Å². The molecule has 1 unspecified atom stereocenters. The van der Waals surface area contributed by atoms with Gasteiger partial charge in [0.2, 0.25) is 0 Å². The molecular formula is C29H31N3O4. The van der Waals surface area contributed by atoms with Crippen molar-refractivity contribution in [3.8, 4) is 5.75 Å². The minimum absolute atomic E-state index is 0.0488. The van der Waals surface area contributed by atoms with Gasteiger partial charge < -0.3 is 25.0 Å². The number of rotatable bonds is 7. The van der Waals surface area contributed by atoms with Gasteiger partial charge in [-0.1, -0.05) is 36.4 Å². The number of anilines is 2. The smallest absolute Gasteiger partial charge is 0.259 e. The summed E-state index contributed by atoms with van der Waals surface area (Å²) in [5, 5.41) is 5.98. The molecule has 0 aliphatic carbocycles. The second-order valence-electron chi connectivity index (χ2n) is 9.17. The Morgan fingerprint density at radius 1 is 1.00 bits per heavy atom. The van der Waals surface area contributed by atoms with E-state index in [4.69, 9.17) is 9.47 Å². The molecule has 2 N–H and O–H groups in total. The van der Waals surface area contributed by atoms with Crippen LogP contribution in [0.3, 0.4) is 0 Å². The predicted octanol–water partition coefficient (Wildman–Crippen LogP) is 4.42. The van der Waals surface area contributed by atoms with Gasteiger partial charge in [-0.3, -0.25) is 9.59 Å². The van der Waals surface area contributed by atoms with Crippen LogP contribution in [0.5, 0.6) is 5.75 Å². The Kier molecular flexibility index (Phi) is 7.18.